The lowest BCUT2D eigenvalue weighted by atomic mass is 9.50. The molecule has 0 aromatic heterocycles. The van der Waals surface area contributed by atoms with E-state index in [4.69, 9.17) is 14.7 Å². The van der Waals surface area contributed by atoms with Gasteiger partial charge in [-0.2, -0.15) is 0 Å². The number of rotatable bonds is 5. The fourth-order valence-electron chi connectivity index (χ4n) is 8.93. The van der Waals surface area contributed by atoms with Gasteiger partial charge < -0.3 is 14.5 Å². The van der Waals surface area contributed by atoms with Crippen molar-refractivity contribution in [1.29, 1.82) is 0 Å². The van der Waals surface area contributed by atoms with Gasteiger partial charge in [0.05, 0.1) is 12.8 Å². The molecule has 6 fully saturated rings. The smallest absolute Gasteiger partial charge is 0.122 e. The molecule has 1 aromatic carbocycles. The first kappa shape index (κ1) is 21.0. The summed E-state index contributed by atoms with van der Waals surface area (Å²) in [7, 11) is 4.06. The second-order valence-electron chi connectivity index (χ2n) is 12.1. The Morgan fingerprint density at radius 1 is 1.06 bits per heavy atom. The number of oxime groups is 1. The number of benzene rings is 1. The molecule has 0 N–H and O–H groups in total. The largest absolute Gasteiger partial charge is 0.496 e. The number of nitrogens with zero attached hydrogens (tertiary/aromatic N) is 2. The van der Waals surface area contributed by atoms with E-state index < -0.39 is 0 Å². The van der Waals surface area contributed by atoms with Gasteiger partial charge >= 0.3 is 0 Å². The van der Waals surface area contributed by atoms with E-state index in [1.807, 2.05) is 0 Å². The number of likely N-dealkylation sites (N-methyl/N-ethyl adjacent to an activating group) is 1. The maximum absolute atomic E-state index is 6.18. The first-order valence-corrected chi connectivity index (χ1v) is 13.0. The van der Waals surface area contributed by atoms with E-state index in [1.54, 1.807) is 7.11 Å². The quantitative estimate of drug-likeness (QED) is 0.554. The molecule has 1 heterocycles. The normalized spacial score (nSPS) is 41.8. The van der Waals surface area contributed by atoms with Crippen LogP contribution in [0.1, 0.15) is 75.3 Å². The van der Waals surface area contributed by atoms with Crippen LogP contribution in [0, 0.1) is 30.1 Å². The maximum Gasteiger partial charge on any atom is 0.122 e. The standard InChI is InChI=1S/C28H40N2O2/c1-19-10-23(4-5-25(19)31-3)28-7-6-24(14-26(28)30(2)9-8-28)29-32-18-27-15-20-11-21(16-27)13-22(12-20)17-27/h4-5,10,20-22,26H,6-9,11-18H2,1-3H3/t20?,21?,22?,26-,27?,28-/m0/s1. The average Bonchev–Trinajstić information content (AvgIpc) is 3.10. The van der Waals surface area contributed by atoms with Crippen LogP contribution in [0.15, 0.2) is 23.4 Å². The molecule has 6 aliphatic rings. The van der Waals surface area contributed by atoms with Crippen LogP contribution in [0.4, 0.5) is 0 Å². The van der Waals surface area contributed by atoms with Gasteiger partial charge in [0, 0.05) is 23.3 Å². The average molecular weight is 437 g/mol. The van der Waals surface area contributed by atoms with Crippen molar-refractivity contribution >= 4 is 5.71 Å². The summed E-state index contributed by atoms with van der Waals surface area (Å²) in [6.07, 6.45) is 13.2. The third kappa shape index (κ3) is 3.40. The van der Waals surface area contributed by atoms with E-state index in [0.29, 0.717) is 11.5 Å². The molecule has 5 saturated carbocycles. The molecule has 4 nitrogen and oxygen atoms in total. The van der Waals surface area contributed by atoms with Crippen molar-refractivity contribution < 1.29 is 9.57 Å². The number of hydrogen-bond acceptors (Lipinski definition) is 4. The van der Waals surface area contributed by atoms with E-state index in [2.05, 4.69) is 37.1 Å². The minimum absolute atomic E-state index is 0.241. The highest BCUT2D eigenvalue weighted by atomic mass is 16.6. The van der Waals surface area contributed by atoms with Crippen molar-refractivity contribution in [2.45, 2.75) is 82.6 Å². The SMILES string of the molecule is COc1ccc([C@@]23CCC(=NOCC45CC6CC(CC(C6)C4)C5)C[C@@H]2N(C)CC3)cc1C. The minimum Gasteiger partial charge on any atom is -0.496 e. The van der Waals surface area contributed by atoms with Gasteiger partial charge in [-0.3, -0.25) is 0 Å². The van der Waals surface area contributed by atoms with Crippen LogP contribution < -0.4 is 4.74 Å². The van der Waals surface area contributed by atoms with Gasteiger partial charge in [-0.05, 0) is 113 Å². The molecule has 7 rings (SSSR count). The first-order valence-electron chi connectivity index (χ1n) is 13.0. The Kier molecular flexibility index (Phi) is 5.09. The van der Waals surface area contributed by atoms with Gasteiger partial charge in [-0.25, -0.2) is 0 Å². The lowest BCUT2D eigenvalue weighted by molar-refractivity contribution is -0.0961. The van der Waals surface area contributed by atoms with Crippen molar-refractivity contribution in [3.8, 4) is 5.75 Å². The molecule has 4 heteroatoms. The number of likely N-dealkylation sites (tertiary alicyclic amines) is 1. The number of fused-ring (bicyclic) bond motifs is 1. The van der Waals surface area contributed by atoms with Gasteiger partial charge in [-0.15, -0.1) is 0 Å². The lowest BCUT2D eigenvalue weighted by Gasteiger charge is -2.56. The van der Waals surface area contributed by atoms with Crippen molar-refractivity contribution in [2.24, 2.45) is 28.3 Å². The fourth-order valence-corrected chi connectivity index (χ4v) is 8.93. The summed E-state index contributed by atoms with van der Waals surface area (Å²) in [5.74, 6) is 3.93. The van der Waals surface area contributed by atoms with Crippen LogP contribution in [0.2, 0.25) is 0 Å². The zero-order valence-corrected chi connectivity index (χ0v) is 20.2. The van der Waals surface area contributed by atoms with Crippen LogP contribution in [-0.4, -0.2) is 44.0 Å². The molecule has 174 valence electrons. The monoisotopic (exact) mass is 436 g/mol. The Morgan fingerprint density at radius 2 is 1.78 bits per heavy atom. The molecule has 0 spiro atoms. The highest BCUT2D eigenvalue weighted by Gasteiger charge is 2.52. The van der Waals surface area contributed by atoms with Crippen LogP contribution in [0.5, 0.6) is 5.75 Å². The Hall–Kier alpha value is -1.55. The summed E-state index contributed by atoms with van der Waals surface area (Å²) in [5.41, 5.74) is 4.70. The van der Waals surface area contributed by atoms with Gasteiger partial charge in [0.1, 0.15) is 12.4 Å². The molecule has 2 atom stereocenters. The molecular weight excluding hydrogens is 396 g/mol. The predicted octanol–water partition coefficient (Wildman–Crippen LogP) is 5.72. The number of aryl methyl sites for hydroxylation is 1. The molecule has 0 radical (unpaired) electrons. The molecule has 5 aliphatic carbocycles. The Balaban J connectivity index is 1.15. The molecule has 0 amide bonds. The summed E-state index contributed by atoms with van der Waals surface area (Å²) in [5, 5.41) is 4.79. The zero-order valence-electron chi connectivity index (χ0n) is 20.2. The van der Waals surface area contributed by atoms with Gasteiger partial charge in [-0.1, -0.05) is 17.3 Å². The minimum atomic E-state index is 0.241. The Labute approximate surface area is 193 Å². The molecule has 1 aliphatic heterocycles. The van der Waals surface area contributed by atoms with Gasteiger partial charge in [0.15, 0.2) is 0 Å². The second-order valence-corrected chi connectivity index (χ2v) is 12.1. The van der Waals surface area contributed by atoms with Crippen molar-refractivity contribution in [3.63, 3.8) is 0 Å². The Morgan fingerprint density at radius 3 is 2.44 bits per heavy atom. The predicted molar refractivity (Wildman–Crippen MR) is 128 cm³/mol. The van der Waals surface area contributed by atoms with Crippen molar-refractivity contribution in [2.75, 3.05) is 27.3 Å². The van der Waals surface area contributed by atoms with E-state index in [-0.39, 0.29) is 5.41 Å². The number of methoxy groups -OCH3 is 1. The molecule has 0 unspecified atom stereocenters. The van der Waals surface area contributed by atoms with Crippen molar-refractivity contribution in [1.82, 2.24) is 4.90 Å². The van der Waals surface area contributed by atoms with Gasteiger partial charge in [0.25, 0.3) is 0 Å². The summed E-state index contributed by atoms with van der Waals surface area (Å²) in [6, 6.07) is 7.36. The zero-order chi connectivity index (χ0) is 21.9. The molecule has 1 saturated heterocycles. The van der Waals surface area contributed by atoms with E-state index >= 15 is 0 Å². The summed E-state index contributed by atoms with van der Waals surface area (Å²) in [6.45, 7) is 4.20. The molecule has 1 aromatic rings. The summed E-state index contributed by atoms with van der Waals surface area (Å²) >= 11 is 0. The fraction of sp³-hybridized carbons (Fsp3) is 0.750. The van der Waals surface area contributed by atoms with Crippen LogP contribution >= 0.6 is 0 Å². The number of hydrogen-bond donors (Lipinski definition) is 0. The van der Waals surface area contributed by atoms with Crippen LogP contribution in [0.3, 0.4) is 0 Å². The second kappa shape index (κ2) is 7.75. The summed E-state index contributed by atoms with van der Waals surface area (Å²) in [4.78, 5) is 8.75. The van der Waals surface area contributed by atoms with Crippen LogP contribution in [-0.2, 0) is 10.3 Å². The number of ether oxygens (including phenoxy) is 1. The highest BCUT2D eigenvalue weighted by Crippen LogP contribution is 2.60. The first-order chi connectivity index (χ1) is 15.5. The van der Waals surface area contributed by atoms with E-state index in [1.165, 1.54) is 68.2 Å². The topological polar surface area (TPSA) is 34.1 Å². The molecule has 4 bridgehead atoms. The third-order valence-corrected chi connectivity index (χ3v) is 10.1. The Bertz CT molecular complexity index is 873. The summed E-state index contributed by atoms with van der Waals surface area (Å²) < 4.78 is 5.52. The highest BCUT2D eigenvalue weighted by molar-refractivity contribution is 5.86. The van der Waals surface area contributed by atoms with Crippen molar-refractivity contribution in [3.05, 3.63) is 29.3 Å². The lowest BCUT2D eigenvalue weighted by Crippen LogP contribution is -2.48. The molecular formula is C28H40N2O2. The van der Waals surface area contributed by atoms with E-state index in [9.17, 15) is 0 Å². The van der Waals surface area contributed by atoms with E-state index in [0.717, 1.165) is 49.5 Å². The molecule has 32 heavy (non-hydrogen) atoms. The van der Waals surface area contributed by atoms with Gasteiger partial charge in [0.2, 0.25) is 0 Å². The van der Waals surface area contributed by atoms with Crippen LogP contribution in [0.25, 0.3) is 0 Å². The third-order valence-electron chi connectivity index (χ3n) is 10.1. The maximum atomic E-state index is 6.18.